The fraction of sp³-hybridized carbons (Fsp3) is 0.429. The Kier molecular flexibility index (Phi) is 10.3. The van der Waals surface area contributed by atoms with Crippen LogP contribution < -0.4 is 16.4 Å². The first-order chi connectivity index (χ1) is 19.5. The molecule has 0 saturated carbocycles. The van der Waals surface area contributed by atoms with Crippen LogP contribution in [0.5, 0.6) is 0 Å². The van der Waals surface area contributed by atoms with Crippen LogP contribution in [0.4, 0.5) is 32.0 Å². The van der Waals surface area contributed by atoms with Crippen LogP contribution in [0.1, 0.15) is 62.1 Å². The highest BCUT2D eigenvalue weighted by Gasteiger charge is 2.40. The van der Waals surface area contributed by atoms with Crippen molar-refractivity contribution in [2.75, 3.05) is 5.32 Å². The molecule has 0 unspecified atom stereocenters. The van der Waals surface area contributed by atoms with Gasteiger partial charge in [0.15, 0.2) is 0 Å². The Balaban J connectivity index is 2.06. The molecule has 1 aliphatic rings. The molecule has 3 atom stereocenters. The van der Waals surface area contributed by atoms with E-state index in [0.29, 0.717) is 21.8 Å². The van der Waals surface area contributed by atoms with E-state index in [0.717, 1.165) is 5.56 Å². The zero-order valence-corrected chi connectivity index (χ0v) is 23.3. The minimum atomic E-state index is -4.78. The van der Waals surface area contributed by atoms with Crippen molar-refractivity contribution in [1.82, 2.24) is 5.32 Å². The number of hydrogen-bond acceptors (Lipinski definition) is 4. The molecular weight excluding hydrogens is 590 g/mol. The number of nitrogens with zero attached hydrogens (tertiary/aromatic N) is 1. The number of benzodiazepines with no additional fused rings is 1. The number of aliphatic imine (C=N–C) groups is 1. The number of primary amides is 1. The minimum absolute atomic E-state index is 0.0660. The molecule has 3 rings (SSSR count). The molecule has 2 aromatic rings. The van der Waals surface area contributed by atoms with E-state index < -0.39 is 73.8 Å². The van der Waals surface area contributed by atoms with Gasteiger partial charge in [0.25, 0.3) is 5.91 Å². The van der Waals surface area contributed by atoms with Gasteiger partial charge in [0.05, 0.1) is 11.4 Å². The molecule has 2 aromatic carbocycles. The summed E-state index contributed by atoms with van der Waals surface area (Å²) in [7, 11) is 0. The van der Waals surface area contributed by atoms with Crippen molar-refractivity contribution in [3.8, 4) is 0 Å². The predicted molar refractivity (Wildman–Crippen MR) is 145 cm³/mol. The van der Waals surface area contributed by atoms with Crippen molar-refractivity contribution >= 4 is 40.7 Å². The molecule has 14 heteroatoms. The van der Waals surface area contributed by atoms with Gasteiger partial charge >= 0.3 is 12.4 Å². The highest BCUT2D eigenvalue weighted by molar-refractivity contribution is 6.31. The Bertz CT molecular complexity index is 1360. The number of nitrogens with one attached hydrogen (secondary N) is 2. The maximum absolute atomic E-state index is 13.4. The topological polar surface area (TPSA) is 114 Å². The summed E-state index contributed by atoms with van der Waals surface area (Å²) in [5, 5.41) is 5.30. The molecule has 7 nitrogen and oxygen atoms in total. The van der Waals surface area contributed by atoms with Gasteiger partial charge in [-0.25, -0.2) is 4.99 Å². The molecule has 1 aliphatic heterocycles. The summed E-state index contributed by atoms with van der Waals surface area (Å²) in [6.45, 7) is 3.77. The van der Waals surface area contributed by atoms with E-state index in [1.54, 1.807) is 42.5 Å². The number of carbonyl (C=O) groups excluding carboxylic acids is 3. The number of amides is 3. The van der Waals surface area contributed by atoms with Crippen molar-refractivity contribution in [2.45, 2.75) is 64.0 Å². The van der Waals surface area contributed by atoms with Crippen LogP contribution in [0.25, 0.3) is 0 Å². The molecule has 3 amide bonds. The molecular formula is C28H29ClF6N4O3. The van der Waals surface area contributed by atoms with Crippen LogP contribution in [0.15, 0.2) is 47.5 Å². The van der Waals surface area contributed by atoms with Gasteiger partial charge in [-0.1, -0.05) is 55.8 Å². The lowest BCUT2D eigenvalue weighted by molar-refractivity contribution is -0.152. The molecule has 0 aromatic heterocycles. The molecule has 228 valence electrons. The summed E-state index contributed by atoms with van der Waals surface area (Å²) in [6.07, 6.45) is -16.4. The lowest BCUT2D eigenvalue weighted by Crippen LogP contribution is -2.48. The zero-order valence-electron chi connectivity index (χ0n) is 22.6. The normalized spacial score (nSPS) is 17.0. The van der Waals surface area contributed by atoms with Crippen molar-refractivity contribution in [3.05, 3.63) is 64.2 Å². The number of fused-ring (bicyclic) bond motifs is 1. The monoisotopic (exact) mass is 618 g/mol. The van der Waals surface area contributed by atoms with E-state index in [4.69, 9.17) is 17.3 Å². The Morgan fingerprint density at radius 3 is 2.14 bits per heavy atom. The third-order valence-corrected chi connectivity index (χ3v) is 7.01. The summed E-state index contributed by atoms with van der Waals surface area (Å²) < 4.78 is 78.1. The van der Waals surface area contributed by atoms with Crippen LogP contribution in [0, 0.1) is 11.8 Å². The summed E-state index contributed by atoms with van der Waals surface area (Å²) in [5.41, 5.74) is 7.52. The molecule has 4 N–H and O–H groups in total. The maximum atomic E-state index is 13.4. The number of nitrogens with two attached hydrogens (primary N) is 1. The first-order valence-electron chi connectivity index (χ1n) is 13.0. The van der Waals surface area contributed by atoms with Gasteiger partial charge in [-0.2, -0.15) is 26.3 Å². The van der Waals surface area contributed by atoms with Crippen molar-refractivity contribution in [1.29, 1.82) is 0 Å². The lowest BCUT2D eigenvalue weighted by atomic mass is 9.83. The molecule has 0 radical (unpaired) electrons. The second-order valence-electron chi connectivity index (χ2n) is 10.2. The van der Waals surface area contributed by atoms with E-state index in [1.165, 1.54) is 0 Å². The quantitative estimate of drug-likeness (QED) is 0.280. The summed E-state index contributed by atoms with van der Waals surface area (Å²) in [4.78, 5) is 43.2. The number of para-hydroxylation sites is 1. The molecule has 0 aliphatic carbocycles. The standard InChI is InChI=1S/C28H29ClF6N4O3/c1-14(2)17-7-4-8-20-21(15-5-3-6-16(29)13-15)37-24(26(42)38-22(17)20)39-25(41)19(10-12-28(33,34)35)18(23(36)40)9-11-27(30,31)32/h3-8,13-14,18-19,24H,9-12H2,1-2H3,(H2,36,40)(H,38,42)(H,39,41)/t18-,19+,24-/m1/s1. The van der Waals surface area contributed by atoms with E-state index in [-0.39, 0.29) is 11.6 Å². The van der Waals surface area contributed by atoms with Crippen molar-refractivity contribution < 1.29 is 40.7 Å². The summed E-state index contributed by atoms with van der Waals surface area (Å²) >= 11 is 6.18. The first-order valence-corrected chi connectivity index (χ1v) is 13.4. The van der Waals surface area contributed by atoms with E-state index >= 15 is 0 Å². The van der Waals surface area contributed by atoms with E-state index in [2.05, 4.69) is 15.6 Å². The molecule has 0 fully saturated rings. The van der Waals surface area contributed by atoms with Crippen LogP contribution in [0.2, 0.25) is 5.02 Å². The second kappa shape index (κ2) is 13.1. The van der Waals surface area contributed by atoms with Gasteiger partial charge in [-0.15, -0.1) is 0 Å². The average Bonchev–Trinajstić information content (AvgIpc) is 3.00. The highest BCUT2D eigenvalue weighted by Crippen LogP contribution is 2.34. The van der Waals surface area contributed by atoms with Gasteiger partial charge in [0.2, 0.25) is 18.0 Å². The largest absolute Gasteiger partial charge is 0.389 e. The number of rotatable bonds is 10. The first kappa shape index (κ1) is 32.9. The number of anilines is 1. The van der Waals surface area contributed by atoms with Gasteiger partial charge in [0, 0.05) is 40.8 Å². The Morgan fingerprint density at radius 1 is 1.00 bits per heavy atom. The third kappa shape index (κ3) is 8.70. The van der Waals surface area contributed by atoms with E-state index in [9.17, 15) is 40.7 Å². The molecule has 42 heavy (non-hydrogen) atoms. The van der Waals surface area contributed by atoms with Crippen LogP contribution in [-0.4, -0.2) is 42.0 Å². The van der Waals surface area contributed by atoms with Gasteiger partial charge in [0.1, 0.15) is 0 Å². The average molecular weight is 619 g/mol. The van der Waals surface area contributed by atoms with Crippen LogP contribution in [0.3, 0.4) is 0 Å². The maximum Gasteiger partial charge on any atom is 0.389 e. The lowest BCUT2D eigenvalue weighted by Gasteiger charge is -2.26. The fourth-order valence-corrected chi connectivity index (χ4v) is 4.93. The van der Waals surface area contributed by atoms with Crippen molar-refractivity contribution in [2.24, 2.45) is 22.6 Å². The fourth-order valence-electron chi connectivity index (χ4n) is 4.74. The highest BCUT2D eigenvalue weighted by atomic mass is 35.5. The van der Waals surface area contributed by atoms with Gasteiger partial charge in [-0.05, 0) is 36.5 Å². The third-order valence-electron chi connectivity index (χ3n) is 6.77. The molecule has 0 bridgehead atoms. The number of halogens is 7. The smallest absolute Gasteiger partial charge is 0.369 e. The second-order valence-corrected chi connectivity index (χ2v) is 10.7. The van der Waals surface area contributed by atoms with Gasteiger partial charge in [-0.3, -0.25) is 14.4 Å². The van der Waals surface area contributed by atoms with Crippen LogP contribution >= 0.6 is 11.6 Å². The Labute approximate surface area is 242 Å². The van der Waals surface area contributed by atoms with E-state index in [1.807, 2.05) is 13.8 Å². The summed E-state index contributed by atoms with van der Waals surface area (Å²) in [5.74, 6) is -7.36. The SMILES string of the molecule is CC(C)c1cccc2c1NC(=O)[C@@H](NC(=O)[C@@H](CCC(F)(F)F)[C@@H](CCC(F)(F)F)C(N)=O)N=C2c1cccc(Cl)c1. The number of carbonyl (C=O) groups is 3. The molecule has 0 saturated heterocycles. The minimum Gasteiger partial charge on any atom is -0.369 e. The Morgan fingerprint density at radius 2 is 1.60 bits per heavy atom. The summed E-state index contributed by atoms with van der Waals surface area (Å²) in [6, 6.07) is 11.6. The predicted octanol–water partition coefficient (Wildman–Crippen LogP) is 6.10. The van der Waals surface area contributed by atoms with Gasteiger partial charge < -0.3 is 16.4 Å². The number of hydrogen-bond donors (Lipinski definition) is 3. The van der Waals surface area contributed by atoms with Crippen molar-refractivity contribution in [3.63, 3.8) is 0 Å². The Hall–Kier alpha value is -3.61. The molecule has 1 heterocycles. The number of benzene rings is 2. The number of alkyl halides is 6. The molecule has 0 spiro atoms. The van der Waals surface area contributed by atoms with Crippen LogP contribution in [-0.2, 0) is 14.4 Å². The zero-order chi connectivity index (χ0) is 31.4.